The second kappa shape index (κ2) is 6.74. The first-order valence-electron chi connectivity index (χ1n) is 8.86. The Balaban J connectivity index is 1.44. The standard InChI is InChI=1S/C19H21N5O2/c1-23-12-16(14-4-2-5-15(14)19(23)26)18(25)21-13-7-10-24(11-8-13)17-6-3-9-20-22-17/h2-4,6,9,12-13H,5,7-8,10-11H2,1H3,(H,21,25). The van der Waals surface area contributed by atoms with E-state index < -0.39 is 0 Å². The maximum Gasteiger partial charge on any atom is 0.254 e. The van der Waals surface area contributed by atoms with Crippen LogP contribution in [0.5, 0.6) is 0 Å². The minimum atomic E-state index is -0.110. The van der Waals surface area contributed by atoms with Crippen molar-refractivity contribution in [1.82, 2.24) is 20.1 Å². The first kappa shape index (κ1) is 16.5. The maximum absolute atomic E-state index is 12.8. The van der Waals surface area contributed by atoms with Gasteiger partial charge in [-0.05, 0) is 37.0 Å². The summed E-state index contributed by atoms with van der Waals surface area (Å²) in [6, 6.07) is 3.95. The highest BCUT2D eigenvalue weighted by Gasteiger charge is 2.25. The molecular formula is C19H21N5O2. The quantitative estimate of drug-likeness (QED) is 0.897. The number of allylic oxidation sites excluding steroid dienone is 1. The largest absolute Gasteiger partial charge is 0.355 e. The Morgan fingerprint density at radius 2 is 2.12 bits per heavy atom. The number of carbonyl (C=O) groups is 1. The Bertz CT molecular complexity index is 912. The van der Waals surface area contributed by atoms with E-state index in [-0.39, 0.29) is 17.5 Å². The van der Waals surface area contributed by atoms with Crippen molar-refractivity contribution in [3.8, 4) is 0 Å². The molecule has 4 rings (SSSR count). The third kappa shape index (κ3) is 3.00. The molecule has 134 valence electrons. The molecule has 7 nitrogen and oxygen atoms in total. The maximum atomic E-state index is 12.8. The van der Waals surface area contributed by atoms with Crippen molar-refractivity contribution in [2.75, 3.05) is 18.0 Å². The van der Waals surface area contributed by atoms with Crippen molar-refractivity contribution in [3.63, 3.8) is 0 Å². The molecule has 3 heterocycles. The summed E-state index contributed by atoms with van der Waals surface area (Å²) in [7, 11) is 1.69. The van der Waals surface area contributed by atoms with E-state index in [1.807, 2.05) is 24.3 Å². The fourth-order valence-corrected chi connectivity index (χ4v) is 3.65. The number of carbonyl (C=O) groups excluding carboxylic acids is 1. The zero-order chi connectivity index (χ0) is 18.1. The smallest absolute Gasteiger partial charge is 0.254 e. The van der Waals surface area contributed by atoms with E-state index in [0.717, 1.165) is 37.3 Å². The molecular weight excluding hydrogens is 330 g/mol. The molecule has 0 unspecified atom stereocenters. The van der Waals surface area contributed by atoms with Gasteiger partial charge < -0.3 is 14.8 Å². The van der Waals surface area contributed by atoms with Crippen molar-refractivity contribution in [3.05, 3.63) is 57.6 Å². The summed E-state index contributed by atoms with van der Waals surface area (Å²) in [6.07, 6.45) is 9.42. The van der Waals surface area contributed by atoms with Gasteiger partial charge in [0.1, 0.15) is 0 Å². The fourth-order valence-electron chi connectivity index (χ4n) is 3.65. The van der Waals surface area contributed by atoms with Crippen LogP contribution in [0.25, 0.3) is 6.08 Å². The van der Waals surface area contributed by atoms with Crippen LogP contribution in [0, 0.1) is 0 Å². The molecule has 1 N–H and O–H groups in total. The molecule has 0 bridgehead atoms. The van der Waals surface area contributed by atoms with Gasteiger partial charge in [0.15, 0.2) is 5.82 Å². The highest BCUT2D eigenvalue weighted by molar-refractivity contribution is 5.98. The number of hydrogen-bond donors (Lipinski definition) is 1. The molecule has 1 amide bonds. The molecule has 26 heavy (non-hydrogen) atoms. The van der Waals surface area contributed by atoms with Gasteiger partial charge in [-0.25, -0.2) is 0 Å². The van der Waals surface area contributed by atoms with E-state index in [0.29, 0.717) is 17.5 Å². The number of nitrogens with one attached hydrogen (secondary N) is 1. The number of fused-ring (bicyclic) bond motifs is 1. The molecule has 7 heteroatoms. The topological polar surface area (TPSA) is 80.1 Å². The number of aryl methyl sites for hydroxylation is 1. The molecule has 2 aromatic rings. The lowest BCUT2D eigenvalue weighted by atomic mass is 10.0. The molecule has 0 radical (unpaired) electrons. The van der Waals surface area contributed by atoms with Crippen LogP contribution in [-0.2, 0) is 13.5 Å². The van der Waals surface area contributed by atoms with E-state index in [2.05, 4.69) is 20.4 Å². The Hall–Kier alpha value is -2.96. The van der Waals surface area contributed by atoms with Crippen LogP contribution in [-0.4, -0.2) is 39.8 Å². The average Bonchev–Trinajstić information content (AvgIpc) is 3.16. The number of pyridine rings is 1. The molecule has 2 aliphatic rings. The number of aromatic nitrogens is 3. The number of nitrogens with zero attached hydrogens (tertiary/aromatic N) is 4. The van der Waals surface area contributed by atoms with Gasteiger partial charge in [-0.3, -0.25) is 9.59 Å². The predicted molar refractivity (Wildman–Crippen MR) is 99.2 cm³/mol. The zero-order valence-corrected chi connectivity index (χ0v) is 14.7. The minimum absolute atomic E-state index is 0.0289. The molecule has 1 fully saturated rings. The summed E-state index contributed by atoms with van der Waals surface area (Å²) >= 11 is 0. The number of hydrogen-bond acceptors (Lipinski definition) is 5. The molecule has 0 saturated carbocycles. The number of amides is 1. The van der Waals surface area contributed by atoms with Crippen LogP contribution in [0.3, 0.4) is 0 Å². The van der Waals surface area contributed by atoms with Crippen molar-refractivity contribution in [2.24, 2.45) is 7.05 Å². The summed E-state index contributed by atoms with van der Waals surface area (Å²) in [5, 5.41) is 11.2. The summed E-state index contributed by atoms with van der Waals surface area (Å²) < 4.78 is 1.50. The van der Waals surface area contributed by atoms with Crippen molar-refractivity contribution < 1.29 is 4.79 Å². The number of anilines is 1. The Kier molecular flexibility index (Phi) is 4.28. The van der Waals surface area contributed by atoms with Gasteiger partial charge in [0.25, 0.3) is 11.5 Å². The van der Waals surface area contributed by atoms with Crippen molar-refractivity contribution >= 4 is 17.8 Å². The number of piperidine rings is 1. The van der Waals surface area contributed by atoms with E-state index in [9.17, 15) is 9.59 Å². The van der Waals surface area contributed by atoms with Crippen LogP contribution in [0.2, 0.25) is 0 Å². The molecule has 2 aromatic heterocycles. The molecule has 1 saturated heterocycles. The molecule has 0 spiro atoms. The van der Waals surface area contributed by atoms with E-state index in [1.165, 1.54) is 4.57 Å². The van der Waals surface area contributed by atoms with Crippen LogP contribution in [0.15, 0.2) is 35.4 Å². The second-order valence-corrected chi connectivity index (χ2v) is 6.77. The lowest BCUT2D eigenvalue weighted by molar-refractivity contribution is 0.0930. The first-order valence-corrected chi connectivity index (χ1v) is 8.86. The molecule has 0 atom stereocenters. The Morgan fingerprint density at radius 3 is 2.85 bits per heavy atom. The fraction of sp³-hybridized carbons (Fsp3) is 0.368. The van der Waals surface area contributed by atoms with Crippen LogP contribution >= 0.6 is 0 Å². The third-order valence-electron chi connectivity index (χ3n) is 5.08. The molecule has 0 aromatic carbocycles. The van der Waals surface area contributed by atoms with Gasteiger partial charge in [0.05, 0.1) is 5.56 Å². The third-order valence-corrected chi connectivity index (χ3v) is 5.08. The molecule has 1 aliphatic carbocycles. The summed E-state index contributed by atoms with van der Waals surface area (Å²) in [5.74, 6) is 0.764. The first-order chi connectivity index (χ1) is 12.6. The number of rotatable bonds is 3. The average molecular weight is 351 g/mol. The summed E-state index contributed by atoms with van der Waals surface area (Å²) in [6.45, 7) is 1.66. The lowest BCUT2D eigenvalue weighted by Gasteiger charge is -2.32. The van der Waals surface area contributed by atoms with E-state index >= 15 is 0 Å². The Morgan fingerprint density at radius 1 is 1.31 bits per heavy atom. The van der Waals surface area contributed by atoms with Gasteiger partial charge >= 0.3 is 0 Å². The van der Waals surface area contributed by atoms with Crippen molar-refractivity contribution in [1.29, 1.82) is 0 Å². The zero-order valence-electron chi connectivity index (χ0n) is 14.7. The van der Waals surface area contributed by atoms with Gasteiger partial charge in [-0.2, -0.15) is 5.10 Å². The van der Waals surface area contributed by atoms with E-state index in [4.69, 9.17) is 0 Å². The Labute approximate surface area is 151 Å². The van der Waals surface area contributed by atoms with Crippen LogP contribution in [0.4, 0.5) is 5.82 Å². The lowest BCUT2D eigenvalue weighted by Crippen LogP contribution is -2.45. The van der Waals surface area contributed by atoms with Gasteiger partial charge in [-0.1, -0.05) is 12.2 Å². The van der Waals surface area contributed by atoms with Crippen molar-refractivity contribution in [2.45, 2.75) is 25.3 Å². The highest BCUT2D eigenvalue weighted by Crippen LogP contribution is 2.21. The highest BCUT2D eigenvalue weighted by atomic mass is 16.2. The second-order valence-electron chi connectivity index (χ2n) is 6.77. The van der Waals surface area contributed by atoms with Gasteiger partial charge in [0.2, 0.25) is 0 Å². The van der Waals surface area contributed by atoms with E-state index in [1.54, 1.807) is 19.4 Å². The summed E-state index contributed by atoms with van der Waals surface area (Å²) in [4.78, 5) is 27.1. The minimum Gasteiger partial charge on any atom is -0.355 e. The molecule has 1 aliphatic heterocycles. The summed E-state index contributed by atoms with van der Waals surface area (Å²) in [5.41, 5.74) is 2.02. The normalized spacial score (nSPS) is 16.6. The van der Waals surface area contributed by atoms with Gasteiger partial charge in [-0.15, -0.1) is 5.10 Å². The monoisotopic (exact) mass is 351 g/mol. The van der Waals surface area contributed by atoms with Gasteiger partial charge in [0, 0.05) is 44.1 Å². The van der Waals surface area contributed by atoms with Crippen LogP contribution < -0.4 is 15.8 Å². The van der Waals surface area contributed by atoms with Crippen LogP contribution in [0.1, 0.15) is 34.3 Å². The predicted octanol–water partition coefficient (Wildman–Crippen LogP) is 1.14. The SMILES string of the molecule is Cn1cc(C(=O)NC2CCN(c3cccnn3)CC2)c2c(c1=O)CC=C2.